The first-order valence-electron chi connectivity index (χ1n) is 8.93. The van der Waals surface area contributed by atoms with Crippen LogP contribution in [0.5, 0.6) is 0 Å². The third-order valence-corrected chi connectivity index (χ3v) is 7.42. The molecule has 0 aromatic heterocycles. The third kappa shape index (κ3) is 4.02. The Balaban J connectivity index is 1.46. The zero-order valence-corrected chi connectivity index (χ0v) is 14.6. The fraction of sp³-hybridized carbons (Fsp3) is 1.00. The molecular formula is C16H31N3O2S. The van der Waals surface area contributed by atoms with Crippen molar-refractivity contribution in [1.29, 1.82) is 0 Å². The van der Waals surface area contributed by atoms with Gasteiger partial charge >= 0.3 is 0 Å². The van der Waals surface area contributed by atoms with E-state index in [1.807, 2.05) is 0 Å². The topological polar surface area (TPSA) is 61.4 Å². The highest BCUT2D eigenvalue weighted by molar-refractivity contribution is 7.89. The molecule has 0 aromatic rings. The lowest BCUT2D eigenvalue weighted by atomic mass is 9.72. The molecule has 1 aliphatic carbocycles. The average Bonchev–Trinajstić information content (AvgIpc) is 3.13. The van der Waals surface area contributed by atoms with Crippen molar-refractivity contribution in [3.05, 3.63) is 0 Å². The molecule has 1 spiro atoms. The van der Waals surface area contributed by atoms with Crippen molar-refractivity contribution in [2.45, 2.75) is 51.5 Å². The summed E-state index contributed by atoms with van der Waals surface area (Å²) in [6, 6.07) is 0.170. The maximum Gasteiger partial charge on any atom is 0.211 e. The molecule has 2 saturated heterocycles. The summed E-state index contributed by atoms with van der Waals surface area (Å²) >= 11 is 0. The molecule has 6 heteroatoms. The van der Waals surface area contributed by atoms with Gasteiger partial charge in [0.25, 0.3) is 0 Å². The molecule has 3 rings (SSSR count). The Bertz CT molecular complexity index is 466. The summed E-state index contributed by atoms with van der Waals surface area (Å²) in [7, 11) is -3.05. The summed E-state index contributed by atoms with van der Waals surface area (Å²) in [5.74, 6) is 1.03. The normalized spacial score (nSPS) is 37.1. The lowest BCUT2D eigenvalue weighted by Crippen LogP contribution is -2.42. The highest BCUT2D eigenvalue weighted by Gasteiger charge is 2.41. The van der Waals surface area contributed by atoms with Crippen LogP contribution in [-0.2, 0) is 10.0 Å². The first-order valence-corrected chi connectivity index (χ1v) is 10.6. The molecule has 1 saturated carbocycles. The van der Waals surface area contributed by atoms with E-state index in [4.69, 9.17) is 0 Å². The molecule has 2 aliphatic heterocycles. The van der Waals surface area contributed by atoms with E-state index in [9.17, 15) is 8.42 Å². The lowest BCUT2D eigenvalue weighted by molar-refractivity contribution is 0.163. The maximum atomic E-state index is 11.7. The molecule has 22 heavy (non-hydrogen) atoms. The molecular weight excluding hydrogens is 298 g/mol. The molecule has 5 nitrogen and oxygen atoms in total. The van der Waals surface area contributed by atoms with Gasteiger partial charge in [-0.05, 0) is 76.4 Å². The summed E-state index contributed by atoms with van der Waals surface area (Å²) < 4.78 is 26.3. The standard InChI is InChI=1S/C16H31N3O2S/c1-2-22(20,21)18-15-3-6-16(7-4-15)8-10-19(13-16)12-14-5-9-17-11-14/h14-15,17-18H,2-13H2,1H3. The summed E-state index contributed by atoms with van der Waals surface area (Å²) in [5.41, 5.74) is 0.472. The van der Waals surface area contributed by atoms with Crippen molar-refractivity contribution >= 4 is 10.0 Å². The largest absolute Gasteiger partial charge is 0.316 e. The minimum atomic E-state index is -3.05. The van der Waals surface area contributed by atoms with Crippen LogP contribution in [0, 0.1) is 11.3 Å². The van der Waals surface area contributed by atoms with Crippen LogP contribution < -0.4 is 10.0 Å². The predicted octanol–water partition coefficient (Wildman–Crippen LogP) is 1.17. The summed E-state index contributed by atoms with van der Waals surface area (Å²) in [6.45, 7) is 7.80. The number of rotatable bonds is 5. The predicted molar refractivity (Wildman–Crippen MR) is 89.3 cm³/mol. The van der Waals surface area contributed by atoms with Gasteiger partial charge in [0.15, 0.2) is 0 Å². The molecule has 0 bridgehead atoms. The Kier molecular flexibility index (Phi) is 5.12. The molecule has 3 aliphatic rings. The Morgan fingerprint density at radius 2 is 2.00 bits per heavy atom. The highest BCUT2D eigenvalue weighted by Crippen LogP contribution is 2.44. The summed E-state index contributed by atoms with van der Waals surface area (Å²) in [4.78, 5) is 2.66. The maximum absolute atomic E-state index is 11.7. The molecule has 0 aromatic carbocycles. The van der Waals surface area contributed by atoms with Crippen LogP contribution in [0.25, 0.3) is 0 Å². The smallest absolute Gasteiger partial charge is 0.211 e. The van der Waals surface area contributed by atoms with Crippen LogP contribution >= 0.6 is 0 Å². The van der Waals surface area contributed by atoms with Gasteiger partial charge in [0, 0.05) is 19.1 Å². The van der Waals surface area contributed by atoms with E-state index < -0.39 is 10.0 Å². The number of likely N-dealkylation sites (tertiary alicyclic amines) is 1. The third-order valence-electron chi connectivity index (χ3n) is 5.97. The van der Waals surface area contributed by atoms with Gasteiger partial charge in [0.1, 0.15) is 0 Å². The first-order chi connectivity index (χ1) is 10.5. The van der Waals surface area contributed by atoms with Crippen LogP contribution in [0.4, 0.5) is 0 Å². The summed E-state index contributed by atoms with van der Waals surface area (Å²) in [6.07, 6.45) is 7.02. The van der Waals surface area contributed by atoms with Crippen LogP contribution in [0.15, 0.2) is 0 Å². The second-order valence-corrected chi connectivity index (χ2v) is 9.68. The quantitative estimate of drug-likeness (QED) is 0.795. The first kappa shape index (κ1) is 16.7. The molecule has 0 amide bonds. The van der Waals surface area contributed by atoms with E-state index in [0.29, 0.717) is 5.41 Å². The second kappa shape index (κ2) is 6.75. The van der Waals surface area contributed by atoms with Crippen LogP contribution in [0.2, 0.25) is 0 Å². The average molecular weight is 330 g/mol. The van der Waals surface area contributed by atoms with Gasteiger partial charge < -0.3 is 10.2 Å². The Morgan fingerprint density at radius 3 is 2.64 bits per heavy atom. The molecule has 2 N–H and O–H groups in total. The van der Waals surface area contributed by atoms with Gasteiger partial charge in [0.2, 0.25) is 10.0 Å². The van der Waals surface area contributed by atoms with E-state index in [0.717, 1.165) is 18.8 Å². The van der Waals surface area contributed by atoms with Crippen molar-refractivity contribution in [2.24, 2.45) is 11.3 Å². The van der Waals surface area contributed by atoms with Crippen molar-refractivity contribution in [1.82, 2.24) is 14.9 Å². The lowest BCUT2D eigenvalue weighted by Gasteiger charge is -2.37. The molecule has 0 radical (unpaired) electrons. The fourth-order valence-corrected chi connectivity index (χ4v) is 5.42. The van der Waals surface area contributed by atoms with Gasteiger partial charge in [-0.15, -0.1) is 0 Å². The Labute approximate surface area is 135 Å². The van der Waals surface area contributed by atoms with Crippen LogP contribution in [-0.4, -0.2) is 57.8 Å². The van der Waals surface area contributed by atoms with Gasteiger partial charge in [-0.25, -0.2) is 13.1 Å². The molecule has 1 atom stereocenters. The molecule has 128 valence electrons. The van der Waals surface area contributed by atoms with E-state index in [-0.39, 0.29) is 11.8 Å². The summed E-state index contributed by atoms with van der Waals surface area (Å²) in [5, 5.41) is 3.46. The van der Waals surface area contributed by atoms with Crippen molar-refractivity contribution in [2.75, 3.05) is 38.5 Å². The SMILES string of the molecule is CCS(=O)(=O)NC1CCC2(CC1)CCN(CC1CCNC1)C2. The van der Waals surface area contributed by atoms with Crippen molar-refractivity contribution in [3.63, 3.8) is 0 Å². The molecule has 3 fully saturated rings. The zero-order chi connectivity index (χ0) is 15.6. The second-order valence-electron chi connectivity index (χ2n) is 7.64. The molecule has 2 heterocycles. The zero-order valence-electron chi connectivity index (χ0n) is 13.8. The number of nitrogens with one attached hydrogen (secondary N) is 2. The highest BCUT2D eigenvalue weighted by atomic mass is 32.2. The van der Waals surface area contributed by atoms with Crippen LogP contribution in [0.3, 0.4) is 0 Å². The molecule has 1 unspecified atom stereocenters. The number of hydrogen-bond donors (Lipinski definition) is 2. The minimum Gasteiger partial charge on any atom is -0.316 e. The number of hydrogen-bond acceptors (Lipinski definition) is 4. The van der Waals surface area contributed by atoms with Crippen molar-refractivity contribution in [3.8, 4) is 0 Å². The van der Waals surface area contributed by atoms with Gasteiger partial charge in [-0.2, -0.15) is 0 Å². The van der Waals surface area contributed by atoms with Gasteiger partial charge in [-0.3, -0.25) is 0 Å². The number of nitrogens with zero attached hydrogens (tertiary/aromatic N) is 1. The monoisotopic (exact) mass is 329 g/mol. The minimum absolute atomic E-state index is 0.170. The van der Waals surface area contributed by atoms with E-state index in [2.05, 4.69) is 14.9 Å². The van der Waals surface area contributed by atoms with E-state index in [1.165, 1.54) is 58.4 Å². The van der Waals surface area contributed by atoms with E-state index >= 15 is 0 Å². The van der Waals surface area contributed by atoms with E-state index in [1.54, 1.807) is 6.92 Å². The van der Waals surface area contributed by atoms with Crippen LogP contribution in [0.1, 0.15) is 45.4 Å². The number of sulfonamides is 1. The fourth-order valence-electron chi connectivity index (χ4n) is 4.51. The Hall–Kier alpha value is -0.170. The van der Waals surface area contributed by atoms with Gasteiger partial charge in [0.05, 0.1) is 5.75 Å². The van der Waals surface area contributed by atoms with Crippen molar-refractivity contribution < 1.29 is 8.42 Å². The Morgan fingerprint density at radius 1 is 1.23 bits per heavy atom. The van der Waals surface area contributed by atoms with Gasteiger partial charge in [-0.1, -0.05) is 0 Å².